The average molecular weight is 460 g/mol. The summed E-state index contributed by atoms with van der Waals surface area (Å²) in [6.07, 6.45) is 1.56. The number of ether oxygens (including phenoxy) is 1. The molecule has 0 N–H and O–H groups in total. The third-order valence-electron chi connectivity index (χ3n) is 6.10. The van der Waals surface area contributed by atoms with Crippen LogP contribution >= 0.6 is 11.5 Å². The van der Waals surface area contributed by atoms with E-state index >= 15 is 0 Å². The van der Waals surface area contributed by atoms with Crippen LogP contribution < -0.4 is 4.74 Å². The lowest BCUT2D eigenvalue weighted by molar-refractivity contribution is -0.106. The van der Waals surface area contributed by atoms with Gasteiger partial charge in [-0.1, -0.05) is 72.1 Å². The van der Waals surface area contributed by atoms with E-state index in [0.717, 1.165) is 24.2 Å². The van der Waals surface area contributed by atoms with Gasteiger partial charge in [-0.05, 0) is 54.2 Å². The van der Waals surface area contributed by atoms with Gasteiger partial charge < -0.3 is 14.4 Å². The molecule has 33 heavy (non-hydrogen) atoms. The molecule has 3 aromatic rings. The first kappa shape index (κ1) is 23.1. The van der Waals surface area contributed by atoms with Crippen LogP contribution in [0.1, 0.15) is 45.7 Å². The van der Waals surface area contributed by atoms with Crippen molar-refractivity contribution in [2.24, 2.45) is 5.16 Å². The summed E-state index contributed by atoms with van der Waals surface area (Å²) in [5.41, 5.74) is 6.93. The molecule has 0 radical (unpaired) electrons. The van der Waals surface area contributed by atoms with E-state index < -0.39 is 6.13 Å². The maximum atomic E-state index is 12.5. The molecule has 0 saturated carbocycles. The number of nitrogens with zero attached hydrogens (tertiary/aromatic N) is 1. The molecule has 6 heteroatoms. The second-order valence-corrected chi connectivity index (χ2v) is 9.07. The number of rotatable bonds is 8. The standard InChI is InChI=1S/C27H27BClNO3/c1-18-8-14-24-20(16-18)11-15-23(24)19-9-12-22(13-10-19)33-17-21-6-4-5-7-25(21)26(30-32-3)27(31)28(2)29/h4-10,12-14,16,23H,11,15,17H2,1-3H3/b30-26+. The van der Waals surface area contributed by atoms with Crippen molar-refractivity contribution in [2.75, 3.05) is 7.11 Å². The Kier molecular flexibility index (Phi) is 7.19. The minimum absolute atomic E-state index is 0.199. The summed E-state index contributed by atoms with van der Waals surface area (Å²) in [5.74, 6) is 1.21. The van der Waals surface area contributed by atoms with Crippen molar-refractivity contribution in [1.29, 1.82) is 0 Å². The van der Waals surface area contributed by atoms with Gasteiger partial charge in [0.15, 0.2) is 5.68 Å². The highest BCUT2D eigenvalue weighted by Gasteiger charge is 2.26. The van der Waals surface area contributed by atoms with E-state index in [-0.39, 0.29) is 11.4 Å². The van der Waals surface area contributed by atoms with E-state index in [4.69, 9.17) is 21.0 Å². The summed E-state index contributed by atoms with van der Waals surface area (Å²) >= 11 is 6.02. The zero-order chi connectivity index (χ0) is 23.4. The van der Waals surface area contributed by atoms with Gasteiger partial charge in [-0.2, -0.15) is 11.5 Å². The molecule has 3 aromatic carbocycles. The van der Waals surface area contributed by atoms with Crippen molar-refractivity contribution < 1.29 is 14.4 Å². The molecule has 0 aliphatic heterocycles. The first-order chi connectivity index (χ1) is 16.0. The minimum Gasteiger partial charge on any atom is -0.489 e. The largest absolute Gasteiger partial charge is 0.489 e. The second kappa shape index (κ2) is 10.3. The van der Waals surface area contributed by atoms with Crippen LogP contribution in [0.5, 0.6) is 5.75 Å². The number of benzene rings is 3. The van der Waals surface area contributed by atoms with Gasteiger partial charge in [-0.3, -0.25) is 0 Å². The zero-order valence-corrected chi connectivity index (χ0v) is 19.9. The summed E-state index contributed by atoms with van der Waals surface area (Å²) in [7, 11) is 1.41. The number of hydrogen-bond acceptors (Lipinski definition) is 4. The Bertz CT molecular complexity index is 1170. The molecule has 0 amide bonds. The van der Waals surface area contributed by atoms with Crippen molar-refractivity contribution in [3.63, 3.8) is 0 Å². The SMILES string of the molecule is CO/N=C(/C(=O)B(C)Cl)c1ccccc1COc1ccc(C2CCc3cc(C)ccc32)cc1. The van der Waals surface area contributed by atoms with Gasteiger partial charge in [0.1, 0.15) is 25.2 Å². The van der Waals surface area contributed by atoms with Crippen LogP contribution in [0.25, 0.3) is 0 Å². The average Bonchev–Trinajstić information content (AvgIpc) is 3.24. The highest BCUT2D eigenvalue weighted by molar-refractivity contribution is 7.28. The van der Waals surface area contributed by atoms with E-state index in [1.54, 1.807) is 6.82 Å². The lowest BCUT2D eigenvalue weighted by Crippen LogP contribution is -2.28. The lowest BCUT2D eigenvalue weighted by atomic mass is 9.70. The highest BCUT2D eigenvalue weighted by Crippen LogP contribution is 2.38. The third-order valence-corrected chi connectivity index (χ3v) is 6.30. The van der Waals surface area contributed by atoms with E-state index in [0.29, 0.717) is 18.1 Å². The lowest BCUT2D eigenvalue weighted by Gasteiger charge is -2.15. The molecule has 1 aliphatic rings. The Hall–Kier alpha value is -3.05. The molecule has 1 unspecified atom stereocenters. The number of carbonyl (C=O) groups is 1. The van der Waals surface area contributed by atoms with Crippen molar-refractivity contribution in [1.82, 2.24) is 0 Å². The Balaban J connectivity index is 1.49. The van der Waals surface area contributed by atoms with Crippen LogP contribution in [0.2, 0.25) is 6.82 Å². The molecular formula is C27H27BClNO3. The van der Waals surface area contributed by atoms with Crippen LogP contribution in [0, 0.1) is 6.92 Å². The Morgan fingerprint density at radius 2 is 1.88 bits per heavy atom. The quantitative estimate of drug-likeness (QED) is 0.237. The van der Waals surface area contributed by atoms with Crippen molar-refractivity contribution in [2.45, 2.75) is 39.1 Å². The van der Waals surface area contributed by atoms with Crippen LogP contribution in [0.4, 0.5) is 0 Å². The summed E-state index contributed by atoms with van der Waals surface area (Å²) in [5, 5.41) is 3.94. The van der Waals surface area contributed by atoms with Gasteiger partial charge in [0.25, 0.3) is 0 Å². The number of carbonyl (C=O) groups excluding carboxylic acids is 1. The van der Waals surface area contributed by atoms with Crippen LogP contribution in [0.3, 0.4) is 0 Å². The Labute approximate surface area is 200 Å². The number of halogens is 1. The van der Waals surface area contributed by atoms with Crippen molar-refractivity contribution in [3.8, 4) is 5.75 Å². The summed E-state index contributed by atoms with van der Waals surface area (Å²) in [6.45, 7) is 4.07. The molecule has 168 valence electrons. The second-order valence-electron chi connectivity index (χ2n) is 8.41. The molecule has 0 saturated heterocycles. The molecule has 0 bridgehead atoms. The number of fused-ring (bicyclic) bond motifs is 1. The van der Waals surface area contributed by atoms with E-state index in [1.807, 2.05) is 36.4 Å². The predicted molar refractivity (Wildman–Crippen MR) is 135 cm³/mol. The molecule has 0 aromatic heterocycles. The van der Waals surface area contributed by atoms with Gasteiger partial charge in [0.05, 0.1) is 0 Å². The van der Waals surface area contributed by atoms with E-state index in [9.17, 15) is 4.79 Å². The minimum atomic E-state index is -0.704. The van der Waals surface area contributed by atoms with Crippen molar-refractivity contribution >= 4 is 29.0 Å². The fourth-order valence-electron chi connectivity index (χ4n) is 4.43. The molecule has 0 heterocycles. The molecule has 4 rings (SSSR count). The van der Waals surface area contributed by atoms with Crippen LogP contribution in [-0.4, -0.2) is 24.6 Å². The molecule has 0 fully saturated rings. The number of hydrogen-bond donors (Lipinski definition) is 0. The van der Waals surface area contributed by atoms with Gasteiger partial charge in [0, 0.05) is 11.5 Å². The summed E-state index contributed by atoms with van der Waals surface area (Å²) in [6, 6.07) is 22.6. The van der Waals surface area contributed by atoms with Crippen molar-refractivity contribution in [3.05, 3.63) is 100 Å². The fourth-order valence-corrected chi connectivity index (χ4v) is 4.54. The maximum absolute atomic E-state index is 12.5. The van der Waals surface area contributed by atoms with Gasteiger partial charge >= 0.3 is 6.13 Å². The molecular weight excluding hydrogens is 433 g/mol. The van der Waals surface area contributed by atoms with Crippen LogP contribution in [0.15, 0.2) is 71.9 Å². The molecule has 4 nitrogen and oxygen atoms in total. The predicted octanol–water partition coefficient (Wildman–Crippen LogP) is 5.97. The molecule has 1 atom stereocenters. The summed E-state index contributed by atoms with van der Waals surface area (Å²) < 4.78 is 6.06. The van der Waals surface area contributed by atoms with Gasteiger partial charge in [-0.15, -0.1) is 0 Å². The van der Waals surface area contributed by atoms with Crippen LogP contribution in [-0.2, 0) is 22.7 Å². The normalized spacial score (nSPS) is 15.2. The topological polar surface area (TPSA) is 47.9 Å². The summed E-state index contributed by atoms with van der Waals surface area (Å²) in [4.78, 5) is 17.5. The first-order valence-corrected chi connectivity index (χ1v) is 11.6. The number of aryl methyl sites for hydroxylation is 2. The molecule has 0 spiro atoms. The monoisotopic (exact) mass is 459 g/mol. The smallest absolute Gasteiger partial charge is 0.332 e. The van der Waals surface area contributed by atoms with E-state index in [2.05, 4.69) is 42.4 Å². The van der Waals surface area contributed by atoms with Gasteiger partial charge in [-0.25, -0.2) is 0 Å². The maximum Gasteiger partial charge on any atom is 0.332 e. The number of oxime groups is 1. The Morgan fingerprint density at radius 1 is 1.12 bits per heavy atom. The highest BCUT2D eigenvalue weighted by atomic mass is 35.5. The molecule has 1 aliphatic carbocycles. The third kappa shape index (κ3) is 5.14. The zero-order valence-electron chi connectivity index (χ0n) is 19.2. The fraction of sp³-hybridized carbons (Fsp3) is 0.259. The van der Waals surface area contributed by atoms with Gasteiger partial charge in [0.2, 0.25) is 0 Å². The first-order valence-electron chi connectivity index (χ1n) is 11.2. The Morgan fingerprint density at radius 3 is 2.61 bits per heavy atom. The van der Waals surface area contributed by atoms with E-state index in [1.165, 1.54) is 29.4 Å².